The highest BCUT2D eigenvalue weighted by Crippen LogP contribution is 2.02. The standard InChI is InChI=1S/CH4N3OP/c1-6-5-4-3-2/h6H,1H3. The van der Waals surface area contributed by atoms with E-state index in [-0.39, 0.29) is 8.81 Å². The summed E-state index contributed by atoms with van der Waals surface area (Å²) in [6.45, 7) is 1.77. The summed E-state index contributed by atoms with van der Waals surface area (Å²) in [5.74, 6) is 0. The molecule has 0 amide bonds. The molecule has 0 N–H and O–H groups in total. The lowest BCUT2D eigenvalue weighted by Crippen LogP contribution is -1.47. The summed E-state index contributed by atoms with van der Waals surface area (Å²) >= 11 is 0. The minimum atomic E-state index is 0.244. The predicted molar refractivity (Wildman–Crippen MR) is 24.5 cm³/mol. The maximum atomic E-state index is 7.54. The van der Waals surface area contributed by atoms with Crippen LogP contribution in [0, 0.1) is 0 Å². The van der Waals surface area contributed by atoms with Gasteiger partial charge in [-0.1, -0.05) is 0 Å². The van der Waals surface area contributed by atoms with Crippen LogP contribution in [0.25, 0.3) is 10.4 Å². The van der Waals surface area contributed by atoms with Crippen LogP contribution in [0.2, 0.25) is 0 Å². The molecule has 4 nitrogen and oxygen atoms in total. The fourth-order valence-electron chi connectivity index (χ4n) is 0.0591. The first-order chi connectivity index (χ1) is 2.91. The van der Waals surface area contributed by atoms with E-state index >= 15 is 0 Å². The van der Waals surface area contributed by atoms with Crippen molar-refractivity contribution in [2.75, 3.05) is 6.66 Å². The largest absolute Gasteiger partial charge is 0.417 e. The molecule has 5 heteroatoms. The van der Waals surface area contributed by atoms with Gasteiger partial charge in [-0.05, 0) is 12.2 Å². The highest BCUT2D eigenvalue weighted by molar-refractivity contribution is 7.31. The maximum Gasteiger partial charge on any atom is 0.114 e. The first-order valence-corrected chi connectivity index (χ1v) is 2.69. The third-order valence-corrected chi connectivity index (χ3v) is 0.433. The smallest absolute Gasteiger partial charge is 0.114 e. The third-order valence-electron chi connectivity index (χ3n) is 0.169. The van der Waals surface area contributed by atoms with Gasteiger partial charge in [0.2, 0.25) is 0 Å². The Labute approximate surface area is 36.9 Å². The van der Waals surface area contributed by atoms with Gasteiger partial charge in [0.15, 0.2) is 0 Å². The van der Waals surface area contributed by atoms with Gasteiger partial charge < -0.3 is 4.62 Å². The van der Waals surface area contributed by atoms with Crippen LogP contribution in [0.1, 0.15) is 0 Å². The van der Waals surface area contributed by atoms with Crippen molar-refractivity contribution in [3.8, 4) is 0 Å². The van der Waals surface area contributed by atoms with E-state index in [0.717, 1.165) is 0 Å². The Morgan fingerprint density at radius 2 is 2.67 bits per heavy atom. The molecule has 0 bridgehead atoms. The molecule has 0 aromatic rings. The highest BCUT2D eigenvalue weighted by Gasteiger charge is 1.61. The Balaban J connectivity index is 2.86. The minimum absolute atomic E-state index is 0.244. The van der Waals surface area contributed by atoms with Crippen LogP contribution >= 0.6 is 8.81 Å². The minimum Gasteiger partial charge on any atom is -0.417 e. The lowest BCUT2D eigenvalue weighted by molar-refractivity contribution is 0.385. The Bertz CT molecular complexity index is 67.2. The molecule has 0 rings (SSSR count). The lowest BCUT2D eigenvalue weighted by Gasteiger charge is -1.80. The number of hydrogen-bond donors (Lipinski definition) is 0. The third kappa shape index (κ3) is 3.54. The molecular formula is CH4N3OP. The Hall–Kier alpha value is -0.460. The van der Waals surface area contributed by atoms with Crippen molar-refractivity contribution in [3.63, 3.8) is 0 Å². The molecule has 0 saturated carbocycles. The topological polar surface area (TPSA) is 58.0 Å². The molecular weight excluding hydrogens is 101 g/mol. The normalized spacial score (nSPS) is 8.17. The Kier molecular flexibility index (Phi) is 4.19. The molecule has 0 saturated heterocycles. The number of rotatable bonds is 2. The lowest BCUT2D eigenvalue weighted by atomic mass is 12.0. The summed E-state index contributed by atoms with van der Waals surface area (Å²) in [6.07, 6.45) is 0. The fraction of sp³-hybridized carbons (Fsp3) is 1.00. The first-order valence-electron chi connectivity index (χ1n) is 1.29. The summed E-state index contributed by atoms with van der Waals surface area (Å²) in [7, 11) is 0.244. The molecule has 0 aromatic carbocycles. The second kappa shape index (κ2) is 4.54. The van der Waals surface area contributed by atoms with Crippen LogP contribution in [0.4, 0.5) is 0 Å². The highest BCUT2D eigenvalue weighted by atomic mass is 31.1. The number of nitrogens with zero attached hydrogens (tertiary/aromatic N) is 3. The van der Waals surface area contributed by atoms with Crippen molar-refractivity contribution in [1.82, 2.24) is 0 Å². The summed E-state index contributed by atoms with van der Waals surface area (Å²) in [5.41, 5.74) is 7.54. The Morgan fingerprint density at radius 3 is 2.83 bits per heavy atom. The molecule has 0 radical (unpaired) electrons. The van der Waals surface area contributed by atoms with Gasteiger partial charge in [-0.2, -0.15) is 0 Å². The van der Waals surface area contributed by atoms with Gasteiger partial charge in [0.1, 0.15) is 5.28 Å². The first kappa shape index (κ1) is 5.54. The summed E-state index contributed by atoms with van der Waals surface area (Å²) < 4.78 is 4.22. The van der Waals surface area contributed by atoms with E-state index in [2.05, 4.69) is 14.8 Å². The van der Waals surface area contributed by atoms with Crippen LogP contribution in [0.5, 0.6) is 0 Å². The molecule has 0 aliphatic carbocycles. The van der Waals surface area contributed by atoms with Crippen molar-refractivity contribution in [2.45, 2.75) is 0 Å². The molecule has 0 heterocycles. The van der Waals surface area contributed by atoms with Crippen molar-refractivity contribution < 1.29 is 4.62 Å². The van der Waals surface area contributed by atoms with E-state index in [1.54, 1.807) is 6.66 Å². The fourth-order valence-corrected chi connectivity index (χ4v) is 0.177. The molecule has 0 fully saturated rings. The molecule has 0 spiro atoms. The van der Waals surface area contributed by atoms with Crippen LogP contribution in [0.3, 0.4) is 0 Å². The van der Waals surface area contributed by atoms with E-state index in [4.69, 9.17) is 5.53 Å². The van der Waals surface area contributed by atoms with Gasteiger partial charge >= 0.3 is 0 Å². The zero-order valence-electron chi connectivity index (χ0n) is 3.25. The van der Waals surface area contributed by atoms with Gasteiger partial charge in [0.05, 0.1) is 8.81 Å². The SMILES string of the molecule is CPON=[N+]=[N-]. The summed E-state index contributed by atoms with van der Waals surface area (Å²) in [5, 5.41) is 2.78. The monoisotopic (exact) mass is 105 g/mol. The van der Waals surface area contributed by atoms with Crippen LogP contribution in [-0.4, -0.2) is 6.66 Å². The zero-order valence-corrected chi connectivity index (χ0v) is 4.25. The molecule has 0 aliphatic heterocycles. The van der Waals surface area contributed by atoms with Crippen molar-refractivity contribution in [3.05, 3.63) is 10.4 Å². The van der Waals surface area contributed by atoms with Crippen molar-refractivity contribution in [2.24, 2.45) is 5.28 Å². The second-order valence-corrected chi connectivity index (χ2v) is 1.06. The predicted octanol–water partition coefficient (Wildman–Crippen LogP) is 1.45. The summed E-state index contributed by atoms with van der Waals surface area (Å²) in [4.78, 5) is 2.34. The number of hydrogen-bond acceptors (Lipinski definition) is 2. The van der Waals surface area contributed by atoms with E-state index in [1.165, 1.54) is 0 Å². The molecule has 34 valence electrons. The van der Waals surface area contributed by atoms with Gasteiger partial charge in [0, 0.05) is 4.91 Å². The van der Waals surface area contributed by atoms with E-state index < -0.39 is 0 Å². The summed E-state index contributed by atoms with van der Waals surface area (Å²) in [6, 6.07) is 0. The molecule has 1 atom stereocenters. The van der Waals surface area contributed by atoms with E-state index in [9.17, 15) is 0 Å². The Morgan fingerprint density at radius 1 is 2.00 bits per heavy atom. The van der Waals surface area contributed by atoms with Crippen LogP contribution in [-0.2, 0) is 4.62 Å². The van der Waals surface area contributed by atoms with Gasteiger partial charge in [-0.25, -0.2) is 0 Å². The van der Waals surface area contributed by atoms with Crippen molar-refractivity contribution in [1.29, 1.82) is 0 Å². The molecule has 0 aromatic heterocycles. The second-order valence-electron chi connectivity index (χ2n) is 0.467. The molecule has 1 unspecified atom stereocenters. The quantitative estimate of drug-likeness (QED) is 0.172. The van der Waals surface area contributed by atoms with E-state index in [0.29, 0.717) is 0 Å². The maximum absolute atomic E-state index is 7.54. The van der Waals surface area contributed by atoms with Crippen LogP contribution < -0.4 is 0 Å². The number of azide groups is 1. The molecule has 0 aliphatic rings. The van der Waals surface area contributed by atoms with Crippen molar-refractivity contribution >= 4 is 8.81 Å². The zero-order chi connectivity index (χ0) is 4.83. The van der Waals surface area contributed by atoms with E-state index in [1.807, 2.05) is 0 Å². The van der Waals surface area contributed by atoms with Crippen LogP contribution in [0.15, 0.2) is 5.28 Å². The molecule has 6 heavy (non-hydrogen) atoms. The average Bonchev–Trinajstić information content (AvgIpc) is 1.61. The average molecular weight is 105 g/mol. The van der Waals surface area contributed by atoms with Gasteiger partial charge in [-0.15, -0.1) is 0 Å². The van der Waals surface area contributed by atoms with Gasteiger partial charge in [-0.3, -0.25) is 0 Å². The van der Waals surface area contributed by atoms with Gasteiger partial charge in [0.25, 0.3) is 0 Å².